The highest BCUT2D eigenvalue weighted by Gasteiger charge is 2.10. The van der Waals surface area contributed by atoms with Gasteiger partial charge in [0.1, 0.15) is 0 Å². The minimum Gasteiger partial charge on any atom is -0.398 e. The second-order valence-electron chi connectivity index (χ2n) is 3.39. The Morgan fingerprint density at radius 3 is 2.64 bits per heavy atom. The second-order valence-corrected chi connectivity index (χ2v) is 3.39. The third-order valence-electron chi connectivity index (χ3n) is 2.17. The highest BCUT2D eigenvalue weighted by molar-refractivity contribution is 5.97. The largest absolute Gasteiger partial charge is 0.398 e. The number of amides is 1. The van der Waals surface area contributed by atoms with E-state index in [9.17, 15) is 4.79 Å². The maximum Gasteiger partial charge on any atom is 0.251 e. The van der Waals surface area contributed by atoms with Crippen molar-refractivity contribution in [2.24, 2.45) is 0 Å². The summed E-state index contributed by atoms with van der Waals surface area (Å²) in [4.78, 5) is 11.6. The first kappa shape index (κ1) is 10.6. The molecule has 0 fully saturated rings. The Kier molecular flexibility index (Phi) is 3.12. The van der Waals surface area contributed by atoms with E-state index in [1.807, 2.05) is 32.9 Å². The van der Waals surface area contributed by atoms with Crippen molar-refractivity contribution in [2.75, 3.05) is 12.3 Å². The molecular weight excluding hydrogens is 176 g/mol. The van der Waals surface area contributed by atoms with Gasteiger partial charge < -0.3 is 11.1 Å². The van der Waals surface area contributed by atoms with Crippen molar-refractivity contribution in [1.29, 1.82) is 0 Å². The Labute approximate surface area is 84.3 Å². The van der Waals surface area contributed by atoms with Gasteiger partial charge in [-0.2, -0.15) is 0 Å². The van der Waals surface area contributed by atoms with E-state index >= 15 is 0 Å². The maximum atomic E-state index is 11.6. The molecule has 0 saturated carbocycles. The molecule has 0 aliphatic rings. The number of nitrogen functional groups attached to an aromatic ring is 1. The van der Waals surface area contributed by atoms with Crippen LogP contribution in [0.5, 0.6) is 0 Å². The van der Waals surface area contributed by atoms with Gasteiger partial charge in [-0.25, -0.2) is 0 Å². The summed E-state index contributed by atoms with van der Waals surface area (Å²) in [5, 5.41) is 2.76. The van der Waals surface area contributed by atoms with Crippen LogP contribution in [0.2, 0.25) is 0 Å². The van der Waals surface area contributed by atoms with Gasteiger partial charge in [0.15, 0.2) is 0 Å². The topological polar surface area (TPSA) is 55.1 Å². The van der Waals surface area contributed by atoms with E-state index in [4.69, 9.17) is 5.73 Å². The van der Waals surface area contributed by atoms with Gasteiger partial charge in [0.05, 0.1) is 0 Å². The van der Waals surface area contributed by atoms with Crippen LogP contribution >= 0.6 is 0 Å². The fourth-order valence-electron chi connectivity index (χ4n) is 1.38. The average molecular weight is 192 g/mol. The van der Waals surface area contributed by atoms with E-state index in [-0.39, 0.29) is 5.91 Å². The lowest BCUT2D eigenvalue weighted by molar-refractivity contribution is 0.0955. The molecule has 3 heteroatoms. The Morgan fingerprint density at radius 1 is 1.43 bits per heavy atom. The van der Waals surface area contributed by atoms with E-state index in [0.29, 0.717) is 17.8 Å². The molecule has 0 saturated heterocycles. The normalized spacial score (nSPS) is 9.93. The van der Waals surface area contributed by atoms with E-state index < -0.39 is 0 Å². The van der Waals surface area contributed by atoms with Gasteiger partial charge >= 0.3 is 0 Å². The molecule has 1 aromatic carbocycles. The third-order valence-corrected chi connectivity index (χ3v) is 2.17. The van der Waals surface area contributed by atoms with Gasteiger partial charge in [-0.1, -0.05) is 0 Å². The van der Waals surface area contributed by atoms with Crippen LogP contribution in [0.4, 0.5) is 5.69 Å². The lowest BCUT2D eigenvalue weighted by Crippen LogP contribution is -2.23. The monoisotopic (exact) mass is 192 g/mol. The van der Waals surface area contributed by atoms with Crippen LogP contribution in [0.25, 0.3) is 0 Å². The van der Waals surface area contributed by atoms with Crippen LogP contribution < -0.4 is 11.1 Å². The van der Waals surface area contributed by atoms with Crippen molar-refractivity contribution in [3.05, 3.63) is 28.8 Å². The molecule has 0 aliphatic heterocycles. The fraction of sp³-hybridized carbons (Fsp3) is 0.364. The molecule has 0 bridgehead atoms. The van der Waals surface area contributed by atoms with Gasteiger partial charge in [-0.3, -0.25) is 4.79 Å². The summed E-state index contributed by atoms with van der Waals surface area (Å²) < 4.78 is 0. The Balaban J connectivity index is 3.13. The van der Waals surface area contributed by atoms with Crippen molar-refractivity contribution in [3.8, 4) is 0 Å². The predicted molar refractivity (Wildman–Crippen MR) is 58.3 cm³/mol. The smallest absolute Gasteiger partial charge is 0.251 e. The standard InChI is InChI=1S/C11H16N2O/c1-4-13-11(14)9-5-7(2)6-10(12)8(9)3/h5-6H,4,12H2,1-3H3,(H,13,14). The predicted octanol–water partition coefficient (Wildman–Crippen LogP) is 1.64. The number of hydrogen-bond donors (Lipinski definition) is 2. The molecule has 76 valence electrons. The van der Waals surface area contributed by atoms with E-state index in [1.165, 1.54) is 0 Å². The number of benzene rings is 1. The average Bonchev–Trinajstić information content (AvgIpc) is 2.11. The minimum absolute atomic E-state index is 0.0552. The van der Waals surface area contributed by atoms with Gasteiger partial charge in [-0.05, 0) is 44.0 Å². The summed E-state index contributed by atoms with van der Waals surface area (Å²) in [5.74, 6) is -0.0552. The highest BCUT2D eigenvalue weighted by atomic mass is 16.1. The van der Waals surface area contributed by atoms with Gasteiger partial charge in [0.25, 0.3) is 5.91 Å². The summed E-state index contributed by atoms with van der Waals surface area (Å²) in [6.45, 7) is 6.32. The number of rotatable bonds is 2. The van der Waals surface area contributed by atoms with Crippen molar-refractivity contribution in [3.63, 3.8) is 0 Å². The lowest BCUT2D eigenvalue weighted by Gasteiger charge is -2.09. The quantitative estimate of drug-likeness (QED) is 0.700. The third kappa shape index (κ3) is 2.05. The van der Waals surface area contributed by atoms with Gasteiger partial charge in [-0.15, -0.1) is 0 Å². The zero-order valence-electron chi connectivity index (χ0n) is 8.85. The number of hydrogen-bond acceptors (Lipinski definition) is 2. The van der Waals surface area contributed by atoms with Crippen molar-refractivity contribution in [2.45, 2.75) is 20.8 Å². The lowest BCUT2D eigenvalue weighted by atomic mass is 10.0. The zero-order valence-corrected chi connectivity index (χ0v) is 8.85. The zero-order chi connectivity index (χ0) is 10.7. The number of carbonyl (C=O) groups excluding carboxylic acids is 1. The summed E-state index contributed by atoms with van der Waals surface area (Å²) in [7, 11) is 0. The molecule has 14 heavy (non-hydrogen) atoms. The van der Waals surface area contributed by atoms with Gasteiger partial charge in [0.2, 0.25) is 0 Å². The van der Waals surface area contributed by atoms with Crippen LogP contribution in [-0.2, 0) is 0 Å². The number of nitrogens with two attached hydrogens (primary N) is 1. The molecule has 1 aromatic rings. The van der Waals surface area contributed by atoms with Crippen LogP contribution in [0.1, 0.15) is 28.4 Å². The molecule has 0 aliphatic carbocycles. The maximum absolute atomic E-state index is 11.6. The highest BCUT2D eigenvalue weighted by Crippen LogP contribution is 2.18. The van der Waals surface area contributed by atoms with Crippen molar-refractivity contribution < 1.29 is 4.79 Å². The Hall–Kier alpha value is -1.51. The fourth-order valence-corrected chi connectivity index (χ4v) is 1.38. The molecule has 3 nitrogen and oxygen atoms in total. The molecule has 3 N–H and O–H groups in total. The minimum atomic E-state index is -0.0552. The molecule has 0 spiro atoms. The number of aryl methyl sites for hydroxylation is 1. The molecule has 1 rings (SSSR count). The number of nitrogens with one attached hydrogen (secondary N) is 1. The SMILES string of the molecule is CCNC(=O)c1cc(C)cc(N)c1C. The summed E-state index contributed by atoms with van der Waals surface area (Å²) in [6, 6.07) is 3.73. The van der Waals surface area contributed by atoms with Crippen molar-refractivity contribution in [1.82, 2.24) is 5.32 Å². The van der Waals surface area contributed by atoms with E-state index in [2.05, 4.69) is 5.32 Å². The molecule has 0 heterocycles. The van der Waals surface area contributed by atoms with Crippen LogP contribution in [0.3, 0.4) is 0 Å². The van der Waals surface area contributed by atoms with Gasteiger partial charge in [0, 0.05) is 17.8 Å². The molecule has 0 radical (unpaired) electrons. The number of anilines is 1. The first-order valence-electron chi connectivity index (χ1n) is 4.71. The number of carbonyl (C=O) groups is 1. The second kappa shape index (κ2) is 4.13. The van der Waals surface area contributed by atoms with Crippen molar-refractivity contribution >= 4 is 11.6 Å². The molecule has 0 atom stereocenters. The van der Waals surface area contributed by atoms with Crippen LogP contribution in [0, 0.1) is 13.8 Å². The molecule has 0 unspecified atom stereocenters. The summed E-state index contributed by atoms with van der Waals surface area (Å²) >= 11 is 0. The van der Waals surface area contributed by atoms with E-state index in [0.717, 1.165) is 11.1 Å². The molecule has 0 aromatic heterocycles. The Morgan fingerprint density at radius 2 is 2.07 bits per heavy atom. The molecular formula is C11H16N2O. The van der Waals surface area contributed by atoms with Crippen LogP contribution in [-0.4, -0.2) is 12.5 Å². The first-order valence-corrected chi connectivity index (χ1v) is 4.71. The Bertz CT molecular complexity index is 359. The molecule has 1 amide bonds. The van der Waals surface area contributed by atoms with E-state index in [1.54, 1.807) is 0 Å². The summed E-state index contributed by atoms with van der Waals surface area (Å²) in [6.07, 6.45) is 0. The summed E-state index contributed by atoms with van der Waals surface area (Å²) in [5.41, 5.74) is 8.98. The first-order chi connectivity index (χ1) is 6.56. The van der Waals surface area contributed by atoms with Crippen LogP contribution in [0.15, 0.2) is 12.1 Å².